The second-order valence-electron chi connectivity index (χ2n) is 8.32. The van der Waals surface area contributed by atoms with Crippen molar-refractivity contribution < 1.29 is 9.59 Å². The molecule has 0 unspecified atom stereocenters. The lowest BCUT2D eigenvalue weighted by atomic mass is 10.1. The van der Waals surface area contributed by atoms with Gasteiger partial charge in [0.05, 0.1) is 22.0 Å². The van der Waals surface area contributed by atoms with Crippen LogP contribution in [-0.4, -0.2) is 27.6 Å². The summed E-state index contributed by atoms with van der Waals surface area (Å²) in [5, 5.41) is 10.7. The Morgan fingerprint density at radius 1 is 0.941 bits per heavy atom. The highest BCUT2D eigenvalue weighted by atomic mass is 35.5. The van der Waals surface area contributed by atoms with Crippen molar-refractivity contribution in [3.05, 3.63) is 101 Å². The molecule has 2 amide bonds. The van der Waals surface area contributed by atoms with Crippen LogP contribution in [0.3, 0.4) is 0 Å². The fourth-order valence-corrected chi connectivity index (χ4v) is 3.72. The number of hydrogen-bond acceptors (Lipinski definition) is 3. The van der Waals surface area contributed by atoms with E-state index in [4.69, 9.17) is 16.7 Å². The number of aromatic nitrogens is 2. The number of nitrogens with zero attached hydrogens (tertiary/aromatic N) is 2. The minimum absolute atomic E-state index is 0.0121. The van der Waals surface area contributed by atoms with Crippen LogP contribution in [0, 0.1) is 6.92 Å². The Hall–Kier alpha value is -3.90. The summed E-state index contributed by atoms with van der Waals surface area (Å²) in [5.74, 6) is -0.610. The van der Waals surface area contributed by atoms with Crippen molar-refractivity contribution in [3.63, 3.8) is 0 Å². The number of hydrogen-bond donors (Lipinski definition) is 2. The van der Waals surface area contributed by atoms with Crippen LogP contribution in [0.15, 0.2) is 79.0 Å². The van der Waals surface area contributed by atoms with Gasteiger partial charge in [-0.05, 0) is 57.2 Å². The number of halogens is 1. The summed E-state index contributed by atoms with van der Waals surface area (Å²) < 4.78 is 1.68. The third kappa shape index (κ3) is 5.18. The van der Waals surface area contributed by atoms with Gasteiger partial charge in [-0.3, -0.25) is 9.59 Å². The molecule has 0 aliphatic rings. The number of anilines is 1. The van der Waals surface area contributed by atoms with Crippen molar-refractivity contribution in [2.45, 2.75) is 26.8 Å². The zero-order valence-electron chi connectivity index (χ0n) is 19.2. The maximum atomic E-state index is 13.4. The number of rotatable bonds is 6. The Balaban J connectivity index is 1.72. The van der Waals surface area contributed by atoms with E-state index < -0.39 is 0 Å². The normalized spacial score (nSPS) is 10.9. The smallest absolute Gasteiger partial charge is 0.259 e. The van der Waals surface area contributed by atoms with Crippen molar-refractivity contribution in [2.24, 2.45) is 0 Å². The molecular formula is C27H25ClN4O2. The lowest BCUT2D eigenvalue weighted by Crippen LogP contribution is -2.30. The molecule has 3 aromatic carbocycles. The molecule has 172 valence electrons. The molecule has 0 saturated heterocycles. The molecule has 7 heteroatoms. The van der Waals surface area contributed by atoms with Gasteiger partial charge < -0.3 is 10.6 Å². The molecule has 1 heterocycles. The molecule has 0 spiro atoms. The average molecular weight is 473 g/mol. The van der Waals surface area contributed by atoms with Gasteiger partial charge in [0.15, 0.2) is 0 Å². The zero-order chi connectivity index (χ0) is 24.2. The predicted octanol–water partition coefficient (Wildman–Crippen LogP) is 5.89. The number of carbonyl (C=O) groups excluding carboxylic acids is 2. The highest BCUT2D eigenvalue weighted by Crippen LogP contribution is 2.28. The SMILES string of the molecule is Cc1cccc(-c2nn(-c3ccccc3)cc2C(=O)Nc2cc(C(=O)NC(C)C)ccc2Cl)c1. The topological polar surface area (TPSA) is 76.0 Å². The standard InChI is InChI=1S/C27H25ClN4O2/c1-17(2)29-26(33)20-12-13-23(28)24(15-20)30-27(34)22-16-32(21-10-5-4-6-11-21)31-25(22)19-9-7-8-18(3)14-19/h4-17H,1-3H3,(H,29,33)(H,30,34). The van der Waals surface area contributed by atoms with Gasteiger partial charge in [0, 0.05) is 23.4 Å². The molecule has 0 bridgehead atoms. The van der Waals surface area contributed by atoms with Gasteiger partial charge in [-0.15, -0.1) is 0 Å². The highest BCUT2D eigenvalue weighted by Gasteiger charge is 2.20. The molecule has 0 radical (unpaired) electrons. The van der Waals surface area contributed by atoms with Gasteiger partial charge in [-0.2, -0.15) is 5.10 Å². The maximum Gasteiger partial charge on any atom is 0.259 e. The number of para-hydroxylation sites is 1. The summed E-state index contributed by atoms with van der Waals surface area (Å²) in [5.41, 5.74) is 4.43. The molecule has 0 aliphatic heterocycles. The van der Waals surface area contributed by atoms with Gasteiger partial charge in [0.1, 0.15) is 5.69 Å². The van der Waals surface area contributed by atoms with Gasteiger partial charge in [0.2, 0.25) is 0 Å². The van der Waals surface area contributed by atoms with Gasteiger partial charge in [0.25, 0.3) is 11.8 Å². The molecule has 4 rings (SSSR count). The molecular weight excluding hydrogens is 448 g/mol. The van der Waals surface area contributed by atoms with E-state index in [1.165, 1.54) is 0 Å². The van der Waals surface area contributed by atoms with Crippen LogP contribution < -0.4 is 10.6 Å². The molecule has 2 N–H and O–H groups in total. The van der Waals surface area contributed by atoms with E-state index in [1.54, 1.807) is 29.1 Å². The number of carbonyl (C=O) groups is 2. The first kappa shape index (κ1) is 23.3. The van der Waals surface area contributed by atoms with Crippen molar-refractivity contribution in [3.8, 4) is 16.9 Å². The van der Waals surface area contributed by atoms with E-state index in [9.17, 15) is 9.59 Å². The zero-order valence-corrected chi connectivity index (χ0v) is 19.9. The van der Waals surface area contributed by atoms with Crippen LogP contribution in [0.5, 0.6) is 0 Å². The van der Waals surface area contributed by atoms with Gasteiger partial charge >= 0.3 is 0 Å². The lowest BCUT2D eigenvalue weighted by molar-refractivity contribution is 0.0941. The van der Waals surface area contributed by atoms with Crippen molar-refractivity contribution in [1.82, 2.24) is 15.1 Å². The molecule has 1 aromatic heterocycles. The Bertz CT molecular complexity index is 1350. The molecule has 0 saturated carbocycles. The van der Waals surface area contributed by atoms with Gasteiger partial charge in [-0.25, -0.2) is 4.68 Å². The third-order valence-corrected chi connectivity index (χ3v) is 5.50. The first-order valence-corrected chi connectivity index (χ1v) is 11.3. The summed E-state index contributed by atoms with van der Waals surface area (Å²) in [4.78, 5) is 25.9. The Labute approximate surface area is 203 Å². The maximum absolute atomic E-state index is 13.4. The molecule has 4 aromatic rings. The lowest BCUT2D eigenvalue weighted by Gasteiger charge is -2.12. The largest absolute Gasteiger partial charge is 0.350 e. The average Bonchev–Trinajstić information content (AvgIpc) is 3.26. The monoisotopic (exact) mass is 472 g/mol. The summed E-state index contributed by atoms with van der Waals surface area (Å²) in [7, 11) is 0. The van der Waals surface area contributed by atoms with Crippen LogP contribution in [0.1, 0.15) is 40.1 Å². The van der Waals surface area contributed by atoms with E-state index in [2.05, 4.69) is 10.6 Å². The fourth-order valence-electron chi connectivity index (χ4n) is 3.56. The highest BCUT2D eigenvalue weighted by molar-refractivity contribution is 6.34. The molecule has 0 aliphatic carbocycles. The van der Waals surface area contributed by atoms with Crippen LogP contribution in [0.4, 0.5) is 5.69 Å². The quantitative estimate of drug-likeness (QED) is 0.367. The fraction of sp³-hybridized carbons (Fsp3) is 0.148. The minimum atomic E-state index is -0.373. The van der Waals surface area contributed by atoms with Crippen LogP contribution >= 0.6 is 11.6 Å². The first-order chi connectivity index (χ1) is 16.3. The number of amides is 2. The molecule has 0 fully saturated rings. The van der Waals surface area contributed by atoms with Crippen molar-refractivity contribution in [2.75, 3.05) is 5.32 Å². The first-order valence-electron chi connectivity index (χ1n) is 11.0. The van der Waals surface area contributed by atoms with E-state index in [0.29, 0.717) is 27.5 Å². The number of aryl methyl sites for hydroxylation is 1. The summed E-state index contributed by atoms with van der Waals surface area (Å²) in [6.45, 7) is 5.76. The van der Waals surface area contributed by atoms with E-state index in [-0.39, 0.29) is 17.9 Å². The van der Waals surface area contributed by atoms with Crippen LogP contribution in [-0.2, 0) is 0 Å². The second-order valence-corrected chi connectivity index (χ2v) is 8.73. The second kappa shape index (κ2) is 9.93. The van der Waals surface area contributed by atoms with E-state index in [1.807, 2.05) is 75.4 Å². The molecule has 6 nitrogen and oxygen atoms in total. The van der Waals surface area contributed by atoms with Crippen molar-refractivity contribution in [1.29, 1.82) is 0 Å². The molecule has 34 heavy (non-hydrogen) atoms. The van der Waals surface area contributed by atoms with Crippen LogP contribution in [0.25, 0.3) is 16.9 Å². The van der Waals surface area contributed by atoms with Gasteiger partial charge in [-0.1, -0.05) is 53.6 Å². The number of benzene rings is 3. The Morgan fingerprint density at radius 2 is 1.71 bits per heavy atom. The summed E-state index contributed by atoms with van der Waals surface area (Å²) in [6.07, 6.45) is 1.70. The minimum Gasteiger partial charge on any atom is -0.350 e. The molecule has 0 atom stereocenters. The summed E-state index contributed by atoms with van der Waals surface area (Å²) in [6, 6.07) is 22.2. The van der Waals surface area contributed by atoms with E-state index in [0.717, 1.165) is 16.8 Å². The predicted molar refractivity (Wildman–Crippen MR) is 136 cm³/mol. The number of nitrogens with one attached hydrogen (secondary N) is 2. The van der Waals surface area contributed by atoms with Crippen molar-refractivity contribution >= 4 is 29.1 Å². The Morgan fingerprint density at radius 3 is 2.41 bits per heavy atom. The third-order valence-electron chi connectivity index (χ3n) is 5.17. The van der Waals surface area contributed by atoms with Crippen LogP contribution in [0.2, 0.25) is 5.02 Å². The summed E-state index contributed by atoms with van der Waals surface area (Å²) >= 11 is 6.35. The Kier molecular flexibility index (Phi) is 6.80. The van der Waals surface area contributed by atoms with E-state index >= 15 is 0 Å².